The van der Waals surface area contributed by atoms with Crippen molar-refractivity contribution in [1.29, 1.82) is 0 Å². The maximum absolute atomic E-state index is 12.7. The van der Waals surface area contributed by atoms with E-state index in [-0.39, 0.29) is 30.4 Å². The minimum absolute atomic E-state index is 0. The van der Waals surface area contributed by atoms with Gasteiger partial charge in [0, 0.05) is 67.7 Å². The Morgan fingerprint density at radius 3 is 2.85 bits per heavy atom. The monoisotopic (exact) mass is 394 g/mol. The van der Waals surface area contributed by atoms with Gasteiger partial charge in [-0.2, -0.15) is 0 Å². The smallest absolute Gasteiger partial charge is 0.251 e. The fraction of sp³-hybridized carbons (Fsp3) is 0.474. The van der Waals surface area contributed by atoms with E-state index in [1.807, 2.05) is 10.8 Å². The summed E-state index contributed by atoms with van der Waals surface area (Å²) in [5, 5.41) is 6.91. The van der Waals surface area contributed by atoms with Gasteiger partial charge >= 0.3 is 0 Å². The summed E-state index contributed by atoms with van der Waals surface area (Å²) in [6, 6.07) is 6.21. The molecule has 0 aromatic carbocycles. The number of piperidine rings is 1. The molecule has 3 aliphatic heterocycles. The van der Waals surface area contributed by atoms with Gasteiger partial charge in [0.2, 0.25) is 0 Å². The molecule has 2 aromatic heterocycles. The molecule has 2 atom stereocenters. The van der Waals surface area contributed by atoms with Crippen LogP contribution in [0, 0.1) is 5.92 Å². The number of fused-ring (bicyclic) bond motifs is 5. The minimum atomic E-state index is 0. The summed E-state index contributed by atoms with van der Waals surface area (Å²) in [6.45, 7) is 4.73. The molecule has 0 unspecified atom stereocenters. The second-order valence-electron chi connectivity index (χ2n) is 7.33. The first-order valence-corrected chi connectivity index (χ1v) is 8.92. The maximum Gasteiger partial charge on any atom is 0.251 e. The number of nitrogens with zero attached hydrogens (tertiary/aromatic N) is 2. The predicted molar refractivity (Wildman–Crippen MR) is 108 cm³/mol. The van der Waals surface area contributed by atoms with Crippen LogP contribution in [-0.4, -0.2) is 29.2 Å². The van der Waals surface area contributed by atoms with E-state index < -0.39 is 0 Å². The number of hydrogen-bond acceptors (Lipinski definition) is 4. The molecule has 1 fully saturated rings. The lowest BCUT2D eigenvalue weighted by Gasteiger charge is -2.37. The van der Waals surface area contributed by atoms with E-state index in [9.17, 15) is 4.79 Å². The molecule has 0 amide bonds. The second kappa shape index (κ2) is 7.69. The van der Waals surface area contributed by atoms with Crippen molar-refractivity contribution in [2.75, 3.05) is 19.6 Å². The Kier molecular flexibility index (Phi) is 5.72. The molecule has 140 valence electrons. The Bertz CT molecular complexity index is 867. The van der Waals surface area contributed by atoms with Gasteiger partial charge in [-0.05, 0) is 42.1 Å². The second-order valence-corrected chi connectivity index (χ2v) is 7.33. The molecule has 7 heteroatoms. The zero-order valence-electron chi connectivity index (χ0n) is 14.5. The topological polar surface area (TPSA) is 59.0 Å². The number of hydrogen-bond donors (Lipinski definition) is 2. The van der Waals surface area contributed by atoms with E-state index in [1.54, 1.807) is 6.07 Å². The highest BCUT2D eigenvalue weighted by atomic mass is 35.5. The standard InChI is InChI=1S/C19H22N4O.2ClH/c24-19-6-13(14-4-15-8-20-2-1-17(15)22-10-14)5-18-16-3-12(7-21-9-16)11-23(18)19;;/h4-6,10,12,16,20-21H,1-3,7-9,11H2;2*1H/t12-,16+;;/m0../s1. The molecule has 2 bridgehead atoms. The summed E-state index contributed by atoms with van der Waals surface area (Å²) < 4.78 is 2.00. The largest absolute Gasteiger partial charge is 0.316 e. The van der Waals surface area contributed by atoms with Gasteiger partial charge in [0.05, 0.1) is 0 Å². The molecule has 3 aliphatic rings. The van der Waals surface area contributed by atoms with Crippen molar-refractivity contribution in [3.63, 3.8) is 0 Å². The summed E-state index contributed by atoms with van der Waals surface area (Å²) in [5.41, 5.74) is 5.84. The summed E-state index contributed by atoms with van der Waals surface area (Å²) in [5.74, 6) is 1.05. The van der Waals surface area contributed by atoms with Crippen molar-refractivity contribution in [3.05, 3.63) is 51.7 Å². The van der Waals surface area contributed by atoms with Crippen molar-refractivity contribution in [1.82, 2.24) is 20.2 Å². The molecule has 2 aromatic rings. The average Bonchev–Trinajstić information content (AvgIpc) is 2.62. The average molecular weight is 395 g/mol. The van der Waals surface area contributed by atoms with Crippen LogP contribution in [0.15, 0.2) is 29.2 Å². The van der Waals surface area contributed by atoms with Crippen molar-refractivity contribution in [2.45, 2.75) is 31.8 Å². The molecule has 26 heavy (non-hydrogen) atoms. The SMILES string of the molecule is Cl.Cl.O=c1cc(-c2cnc3c(c2)CNCC3)cc2n1C[C@@H]1CNC[C@H]2C1. The first-order valence-electron chi connectivity index (χ1n) is 8.92. The van der Waals surface area contributed by atoms with Gasteiger partial charge in [0.1, 0.15) is 0 Å². The molecule has 1 saturated heterocycles. The lowest BCUT2D eigenvalue weighted by molar-refractivity contribution is 0.257. The zero-order valence-corrected chi connectivity index (χ0v) is 16.2. The van der Waals surface area contributed by atoms with Gasteiger partial charge in [0.25, 0.3) is 5.56 Å². The lowest BCUT2D eigenvalue weighted by Crippen LogP contribution is -2.44. The van der Waals surface area contributed by atoms with Crippen LogP contribution in [0.5, 0.6) is 0 Å². The van der Waals surface area contributed by atoms with E-state index >= 15 is 0 Å². The highest BCUT2D eigenvalue weighted by molar-refractivity contribution is 5.85. The maximum atomic E-state index is 12.7. The Balaban J connectivity index is 0.000000980. The number of nitrogens with one attached hydrogen (secondary N) is 2. The molecule has 5 heterocycles. The van der Waals surface area contributed by atoms with Crippen LogP contribution < -0.4 is 16.2 Å². The lowest BCUT2D eigenvalue weighted by atomic mass is 9.83. The first kappa shape index (κ1) is 19.4. The summed E-state index contributed by atoms with van der Waals surface area (Å²) >= 11 is 0. The Hall–Kier alpha value is -1.40. The van der Waals surface area contributed by atoms with E-state index in [0.29, 0.717) is 11.8 Å². The number of aromatic nitrogens is 2. The number of rotatable bonds is 1. The van der Waals surface area contributed by atoms with Crippen molar-refractivity contribution >= 4 is 24.8 Å². The zero-order chi connectivity index (χ0) is 16.1. The highest BCUT2D eigenvalue weighted by Gasteiger charge is 2.31. The molecular formula is C19H24Cl2N4O. The van der Waals surface area contributed by atoms with Crippen molar-refractivity contribution in [3.8, 4) is 11.1 Å². The third-order valence-corrected chi connectivity index (χ3v) is 5.71. The summed E-state index contributed by atoms with van der Waals surface area (Å²) in [6.07, 6.45) is 4.11. The number of halogens is 2. The first-order chi connectivity index (χ1) is 11.8. The summed E-state index contributed by atoms with van der Waals surface area (Å²) in [7, 11) is 0. The molecule has 0 spiro atoms. The molecule has 5 rings (SSSR count). The van der Waals surface area contributed by atoms with Crippen LogP contribution in [0.25, 0.3) is 11.1 Å². The van der Waals surface area contributed by atoms with Crippen molar-refractivity contribution in [2.24, 2.45) is 5.92 Å². The summed E-state index contributed by atoms with van der Waals surface area (Å²) in [4.78, 5) is 17.3. The van der Waals surface area contributed by atoms with E-state index in [1.165, 1.54) is 23.4 Å². The molecule has 0 radical (unpaired) electrons. The Morgan fingerprint density at radius 2 is 1.96 bits per heavy atom. The van der Waals surface area contributed by atoms with E-state index in [2.05, 4.69) is 27.8 Å². The van der Waals surface area contributed by atoms with E-state index in [0.717, 1.165) is 50.3 Å². The van der Waals surface area contributed by atoms with Crippen LogP contribution in [0.4, 0.5) is 0 Å². The fourth-order valence-corrected chi connectivity index (χ4v) is 4.48. The third kappa shape index (κ3) is 3.29. The quantitative estimate of drug-likeness (QED) is 0.777. The normalized spacial score (nSPS) is 23.1. The molecular weight excluding hydrogens is 371 g/mol. The molecule has 0 aliphatic carbocycles. The van der Waals surface area contributed by atoms with Crippen LogP contribution >= 0.6 is 24.8 Å². The third-order valence-electron chi connectivity index (χ3n) is 5.71. The van der Waals surface area contributed by atoms with Crippen LogP contribution in [0.1, 0.15) is 29.3 Å². The molecule has 2 N–H and O–H groups in total. The number of pyridine rings is 2. The van der Waals surface area contributed by atoms with Gasteiger partial charge in [-0.3, -0.25) is 9.78 Å². The predicted octanol–water partition coefficient (Wildman–Crippen LogP) is 2.11. The Labute approximate surface area is 165 Å². The van der Waals surface area contributed by atoms with Gasteiger partial charge < -0.3 is 15.2 Å². The van der Waals surface area contributed by atoms with Crippen LogP contribution in [0.3, 0.4) is 0 Å². The van der Waals surface area contributed by atoms with Crippen LogP contribution in [-0.2, 0) is 19.5 Å². The highest BCUT2D eigenvalue weighted by Crippen LogP contribution is 2.33. The Morgan fingerprint density at radius 1 is 1.08 bits per heavy atom. The molecule has 5 nitrogen and oxygen atoms in total. The van der Waals surface area contributed by atoms with E-state index in [4.69, 9.17) is 0 Å². The van der Waals surface area contributed by atoms with Gasteiger partial charge in [-0.15, -0.1) is 24.8 Å². The van der Waals surface area contributed by atoms with Gasteiger partial charge in [0.15, 0.2) is 0 Å². The van der Waals surface area contributed by atoms with Gasteiger partial charge in [-0.25, -0.2) is 0 Å². The fourth-order valence-electron chi connectivity index (χ4n) is 4.48. The van der Waals surface area contributed by atoms with Gasteiger partial charge in [-0.1, -0.05) is 0 Å². The molecule has 0 saturated carbocycles. The van der Waals surface area contributed by atoms with Crippen LogP contribution in [0.2, 0.25) is 0 Å². The van der Waals surface area contributed by atoms with Crippen molar-refractivity contribution < 1.29 is 0 Å². The minimum Gasteiger partial charge on any atom is -0.316 e.